The summed E-state index contributed by atoms with van der Waals surface area (Å²) in [4.78, 5) is 24.6. The van der Waals surface area contributed by atoms with Crippen LogP contribution in [-0.4, -0.2) is 35.8 Å². The van der Waals surface area contributed by atoms with E-state index in [0.717, 1.165) is 17.3 Å². The molecule has 0 saturated heterocycles. The number of nitrogens with two attached hydrogens (primary N) is 1. The number of primary amides is 1. The Morgan fingerprint density at radius 1 is 1.19 bits per heavy atom. The van der Waals surface area contributed by atoms with Crippen LogP contribution in [0.1, 0.15) is 51.9 Å². The molecule has 1 heterocycles. The Morgan fingerprint density at radius 2 is 1.88 bits per heavy atom. The SMILES string of the molecule is CNc1c(C(C)C)nn(-c2ccc(CNC(=O)c3cc(F)ccc3OC)cc2)c1C(N)=O. The van der Waals surface area contributed by atoms with E-state index in [4.69, 9.17) is 10.5 Å². The van der Waals surface area contributed by atoms with E-state index in [2.05, 4.69) is 15.7 Å². The predicted molar refractivity (Wildman–Crippen MR) is 120 cm³/mol. The molecule has 3 aromatic rings. The maximum absolute atomic E-state index is 13.5. The molecule has 168 valence electrons. The van der Waals surface area contributed by atoms with E-state index in [1.807, 2.05) is 13.8 Å². The molecular weight excluding hydrogens is 413 g/mol. The van der Waals surface area contributed by atoms with E-state index in [0.29, 0.717) is 17.1 Å². The van der Waals surface area contributed by atoms with Crippen molar-refractivity contribution in [2.75, 3.05) is 19.5 Å². The summed E-state index contributed by atoms with van der Waals surface area (Å²) in [5.41, 5.74) is 8.82. The number of rotatable bonds is 8. The summed E-state index contributed by atoms with van der Waals surface area (Å²) in [5.74, 6) is -1.18. The zero-order valence-corrected chi connectivity index (χ0v) is 18.4. The summed E-state index contributed by atoms with van der Waals surface area (Å²) in [5, 5.41) is 10.3. The number of hydrogen-bond donors (Lipinski definition) is 3. The van der Waals surface area contributed by atoms with Gasteiger partial charge in [-0.2, -0.15) is 5.10 Å². The van der Waals surface area contributed by atoms with Crippen molar-refractivity contribution >= 4 is 17.5 Å². The molecule has 0 fully saturated rings. The summed E-state index contributed by atoms with van der Waals surface area (Å²) in [6.07, 6.45) is 0. The van der Waals surface area contributed by atoms with Crippen LogP contribution in [0.25, 0.3) is 5.69 Å². The lowest BCUT2D eigenvalue weighted by molar-refractivity contribution is 0.0946. The van der Waals surface area contributed by atoms with Crippen LogP contribution in [0.5, 0.6) is 5.75 Å². The Labute approximate surface area is 185 Å². The van der Waals surface area contributed by atoms with Gasteiger partial charge in [-0.25, -0.2) is 9.07 Å². The van der Waals surface area contributed by atoms with Crippen LogP contribution in [0.4, 0.5) is 10.1 Å². The van der Waals surface area contributed by atoms with Crippen molar-refractivity contribution in [2.24, 2.45) is 5.73 Å². The molecule has 0 radical (unpaired) electrons. The third kappa shape index (κ3) is 4.56. The van der Waals surface area contributed by atoms with Crippen molar-refractivity contribution in [2.45, 2.75) is 26.3 Å². The van der Waals surface area contributed by atoms with E-state index in [1.165, 1.54) is 23.9 Å². The second-order valence-corrected chi connectivity index (χ2v) is 7.48. The third-order valence-electron chi connectivity index (χ3n) is 4.98. The zero-order valence-electron chi connectivity index (χ0n) is 18.4. The van der Waals surface area contributed by atoms with Gasteiger partial charge in [0.1, 0.15) is 11.6 Å². The molecule has 0 saturated carbocycles. The molecule has 0 bridgehead atoms. The maximum Gasteiger partial charge on any atom is 0.269 e. The molecular formula is C23H26FN5O3. The van der Waals surface area contributed by atoms with E-state index >= 15 is 0 Å². The average molecular weight is 439 g/mol. The van der Waals surface area contributed by atoms with Crippen molar-refractivity contribution in [1.29, 1.82) is 0 Å². The number of nitrogens with zero attached hydrogens (tertiary/aromatic N) is 2. The Kier molecular flexibility index (Phi) is 6.77. The van der Waals surface area contributed by atoms with Crippen molar-refractivity contribution in [1.82, 2.24) is 15.1 Å². The fraction of sp³-hybridized carbons (Fsp3) is 0.261. The highest BCUT2D eigenvalue weighted by atomic mass is 19.1. The van der Waals surface area contributed by atoms with E-state index in [-0.39, 0.29) is 23.7 Å². The van der Waals surface area contributed by atoms with Crippen LogP contribution < -0.4 is 21.1 Å². The van der Waals surface area contributed by atoms with Crippen molar-refractivity contribution in [3.8, 4) is 11.4 Å². The van der Waals surface area contributed by atoms with Gasteiger partial charge in [-0.15, -0.1) is 0 Å². The predicted octanol–water partition coefficient (Wildman–Crippen LogP) is 3.21. The number of ether oxygens (including phenoxy) is 1. The molecule has 0 aliphatic carbocycles. The smallest absolute Gasteiger partial charge is 0.269 e. The number of halogens is 1. The Balaban J connectivity index is 1.81. The largest absolute Gasteiger partial charge is 0.496 e. The first-order chi connectivity index (χ1) is 15.3. The van der Waals surface area contributed by atoms with Gasteiger partial charge < -0.3 is 21.1 Å². The van der Waals surface area contributed by atoms with E-state index in [9.17, 15) is 14.0 Å². The number of carbonyl (C=O) groups is 2. The molecule has 0 aliphatic rings. The van der Waals surface area contributed by atoms with Crippen LogP contribution >= 0.6 is 0 Å². The molecule has 4 N–H and O–H groups in total. The summed E-state index contributed by atoms with van der Waals surface area (Å²) in [6.45, 7) is 4.19. The number of amides is 2. The standard InChI is InChI=1S/C23H26FN5O3/c1-13(2)19-20(26-3)21(22(25)30)29(28-19)16-8-5-14(6-9-16)12-27-23(31)17-11-15(24)7-10-18(17)32-4/h5-11,13,26H,12H2,1-4H3,(H2,25,30)(H,27,31). The molecule has 0 unspecified atom stereocenters. The maximum atomic E-state index is 13.5. The molecule has 2 aromatic carbocycles. The molecule has 1 aromatic heterocycles. The highest BCUT2D eigenvalue weighted by molar-refractivity contribution is 5.98. The van der Waals surface area contributed by atoms with Gasteiger partial charge in [0.05, 0.1) is 29.7 Å². The van der Waals surface area contributed by atoms with Crippen LogP contribution in [0.2, 0.25) is 0 Å². The van der Waals surface area contributed by atoms with E-state index in [1.54, 1.807) is 31.3 Å². The third-order valence-corrected chi connectivity index (χ3v) is 4.98. The minimum atomic E-state index is -0.589. The summed E-state index contributed by atoms with van der Waals surface area (Å²) in [7, 11) is 3.14. The first-order valence-electron chi connectivity index (χ1n) is 10.1. The number of nitrogens with one attached hydrogen (secondary N) is 2. The number of hydrogen-bond acceptors (Lipinski definition) is 5. The van der Waals surface area contributed by atoms with Gasteiger partial charge in [-0.3, -0.25) is 9.59 Å². The minimum Gasteiger partial charge on any atom is -0.496 e. The topological polar surface area (TPSA) is 111 Å². The van der Waals surface area contributed by atoms with Gasteiger partial charge in [0, 0.05) is 13.6 Å². The molecule has 32 heavy (non-hydrogen) atoms. The molecule has 3 rings (SSSR count). The van der Waals surface area contributed by atoms with Crippen LogP contribution in [-0.2, 0) is 6.54 Å². The number of anilines is 1. The van der Waals surface area contributed by atoms with Crippen LogP contribution in [0, 0.1) is 5.82 Å². The Morgan fingerprint density at radius 3 is 2.44 bits per heavy atom. The second kappa shape index (κ2) is 9.51. The lowest BCUT2D eigenvalue weighted by Gasteiger charge is -2.10. The minimum absolute atomic E-state index is 0.0890. The van der Waals surface area contributed by atoms with E-state index < -0.39 is 17.6 Å². The molecule has 0 atom stereocenters. The van der Waals surface area contributed by atoms with Crippen molar-refractivity contribution < 1.29 is 18.7 Å². The van der Waals surface area contributed by atoms with Crippen LogP contribution in [0.3, 0.4) is 0 Å². The first kappa shape index (κ1) is 22.8. The lowest BCUT2D eigenvalue weighted by Crippen LogP contribution is -2.23. The normalized spacial score (nSPS) is 10.8. The number of aromatic nitrogens is 2. The van der Waals surface area contributed by atoms with Gasteiger partial charge in [-0.05, 0) is 41.8 Å². The van der Waals surface area contributed by atoms with Gasteiger partial charge in [0.25, 0.3) is 11.8 Å². The fourth-order valence-corrected chi connectivity index (χ4v) is 3.39. The average Bonchev–Trinajstić information content (AvgIpc) is 3.18. The second-order valence-electron chi connectivity index (χ2n) is 7.48. The summed E-state index contributed by atoms with van der Waals surface area (Å²) < 4.78 is 20.2. The Bertz CT molecular complexity index is 1140. The quantitative estimate of drug-likeness (QED) is 0.499. The van der Waals surface area contributed by atoms with Gasteiger partial charge in [0.15, 0.2) is 5.69 Å². The zero-order chi connectivity index (χ0) is 23.4. The number of benzene rings is 2. The molecule has 8 nitrogen and oxygen atoms in total. The molecule has 9 heteroatoms. The van der Waals surface area contributed by atoms with Gasteiger partial charge in [-0.1, -0.05) is 26.0 Å². The lowest BCUT2D eigenvalue weighted by atomic mass is 10.1. The highest BCUT2D eigenvalue weighted by Crippen LogP contribution is 2.29. The van der Waals surface area contributed by atoms with Crippen LogP contribution in [0.15, 0.2) is 42.5 Å². The molecule has 0 aliphatic heterocycles. The van der Waals surface area contributed by atoms with Crippen molar-refractivity contribution in [3.63, 3.8) is 0 Å². The Hall–Kier alpha value is -3.88. The monoisotopic (exact) mass is 439 g/mol. The summed E-state index contributed by atoms with van der Waals surface area (Å²) >= 11 is 0. The summed E-state index contributed by atoms with van der Waals surface area (Å²) in [6, 6.07) is 10.9. The molecule has 2 amide bonds. The van der Waals surface area contributed by atoms with Crippen molar-refractivity contribution in [3.05, 3.63) is 70.8 Å². The highest BCUT2D eigenvalue weighted by Gasteiger charge is 2.23. The molecule has 0 spiro atoms. The first-order valence-corrected chi connectivity index (χ1v) is 10.1. The van der Waals surface area contributed by atoms with Gasteiger partial charge >= 0.3 is 0 Å². The van der Waals surface area contributed by atoms with Gasteiger partial charge in [0.2, 0.25) is 0 Å². The fourth-order valence-electron chi connectivity index (χ4n) is 3.39. The number of carbonyl (C=O) groups excluding carboxylic acids is 2. The number of methoxy groups -OCH3 is 1.